The van der Waals surface area contributed by atoms with Crippen molar-refractivity contribution in [1.29, 1.82) is 0 Å². The topological polar surface area (TPSA) is 46.5 Å². The number of ether oxygens (including phenoxy) is 1. The van der Waals surface area contributed by atoms with Gasteiger partial charge in [0.15, 0.2) is 0 Å². The Morgan fingerprint density at radius 2 is 2.12 bits per heavy atom. The van der Waals surface area contributed by atoms with Crippen LogP contribution in [-0.4, -0.2) is 24.6 Å². The SMILES string of the molecule is COC1(C(F)(F)F)N=CNc2ccnc(C)c21. The second-order valence-electron chi connectivity index (χ2n) is 3.57. The minimum Gasteiger partial charge on any atom is -0.346 e. The molecule has 0 spiro atoms. The molecule has 1 aliphatic rings. The molecule has 1 N–H and O–H groups in total. The number of nitrogens with zero attached hydrogens (tertiary/aromatic N) is 2. The van der Waals surface area contributed by atoms with Gasteiger partial charge in [0.25, 0.3) is 5.72 Å². The van der Waals surface area contributed by atoms with Crippen molar-refractivity contribution in [2.24, 2.45) is 4.99 Å². The number of hydrogen-bond donors (Lipinski definition) is 1. The molecule has 1 unspecified atom stereocenters. The van der Waals surface area contributed by atoms with Crippen molar-refractivity contribution >= 4 is 12.0 Å². The molecule has 0 fully saturated rings. The Morgan fingerprint density at radius 1 is 1.41 bits per heavy atom. The summed E-state index contributed by atoms with van der Waals surface area (Å²) in [7, 11) is 0.979. The van der Waals surface area contributed by atoms with Crippen LogP contribution in [0.5, 0.6) is 0 Å². The Bertz CT molecular complexity index is 472. The lowest BCUT2D eigenvalue weighted by atomic mass is 9.98. The fourth-order valence-corrected chi connectivity index (χ4v) is 1.86. The van der Waals surface area contributed by atoms with E-state index in [1.54, 1.807) is 0 Å². The van der Waals surface area contributed by atoms with E-state index in [0.29, 0.717) is 5.69 Å². The number of nitrogens with one attached hydrogen (secondary N) is 1. The summed E-state index contributed by atoms with van der Waals surface area (Å²) < 4.78 is 44.1. The summed E-state index contributed by atoms with van der Waals surface area (Å²) in [5.74, 6) is 0. The van der Waals surface area contributed by atoms with Gasteiger partial charge in [-0.2, -0.15) is 13.2 Å². The molecule has 1 aromatic rings. The van der Waals surface area contributed by atoms with Crippen LogP contribution < -0.4 is 5.32 Å². The van der Waals surface area contributed by atoms with E-state index in [-0.39, 0.29) is 11.3 Å². The lowest BCUT2D eigenvalue weighted by Gasteiger charge is -2.35. The molecule has 4 nitrogen and oxygen atoms in total. The van der Waals surface area contributed by atoms with Crippen molar-refractivity contribution in [3.63, 3.8) is 0 Å². The van der Waals surface area contributed by atoms with Crippen LogP contribution in [0.1, 0.15) is 11.3 Å². The van der Waals surface area contributed by atoms with Gasteiger partial charge in [0, 0.05) is 19.0 Å². The number of aliphatic imine (C=N–C) groups is 1. The summed E-state index contributed by atoms with van der Waals surface area (Å²) in [6, 6.07) is 1.45. The molecule has 0 saturated carbocycles. The Hall–Kier alpha value is -1.63. The van der Waals surface area contributed by atoms with Gasteiger partial charge in [0.1, 0.15) is 0 Å². The molecule has 2 heterocycles. The van der Waals surface area contributed by atoms with Crippen molar-refractivity contribution < 1.29 is 17.9 Å². The van der Waals surface area contributed by atoms with E-state index in [2.05, 4.69) is 20.0 Å². The first-order valence-electron chi connectivity index (χ1n) is 4.80. The zero-order valence-corrected chi connectivity index (χ0v) is 9.17. The molecule has 1 aliphatic heterocycles. The maximum atomic E-state index is 13.2. The lowest BCUT2D eigenvalue weighted by molar-refractivity contribution is -0.273. The van der Waals surface area contributed by atoms with Gasteiger partial charge in [0.2, 0.25) is 0 Å². The van der Waals surface area contributed by atoms with E-state index < -0.39 is 11.9 Å². The largest absolute Gasteiger partial charge is 0.443 e. The quantitative estimate of drug-likeness (QED) is 0.825. The zero-order valence-electron chi connectivity index (χ0n) is 9.17. The van der Waals surface area contributed by atoms with Gasteiger partial charge >= 0.3 is 6.18 Å². The van der Waals surface area contributed by atoms with Crippen LogP contribution in [0.15, 0.2) is 17.3 Å². The van der Waals surface area contributed by atoms with Crippen LogP contribution in [0, 0.1) is 6.92 Å². The molecule has 0 saturated heterocycles. The number of aromatic nitrogens is 1. The van der Waals surface area contributed by atoms with Crippen molar-refractivity contribution in [3.8, 4) is 0 Å². The smallest absolute Gasteiger partial charge is 0.346 e. The average molecular weight is 245 g/mol. The number of alkyl halides is 3. The first-order chi connectivity index (χ1) is 7.92. The van der Waals surface area contributed by atoms with Crippen molar-refractivity contribution in [1.82, 2.24) is 4.98 Å². The molecule has 2 rings (SSSR count). The lowest BCUT2D eigenvalue weighted by Crippen LogP contribution is -2.45. The third-order valence-electron chi connectivity index (χ3n) is 2.63. The third-order valence-corrected chi connectivity index (χ3v) is 2.63. The summed E-state index contributed by atoms with van der Waals surface area (Å²) in [5, 5.41) is 2.65. The highest BCUT2D eigenvalue weighted by molar-refractivity contribution is 5.81. The second kappa shape index (κ2) is 3.69. The van der Waals surface area contributed by atoms with Gasteiger partial charge in [-0.25, -0.2) is 4.99 Å². The number of halogens is 3. The molecule has 0 amide bonds. The summed E-state index contributed by atoms with van der Waals surface area (Å²) in [4.78, 5) is 7.28. The van der Waals surface area contributed by atoms with E-state index >= 15 is 0 Å². The Morgan fingerprint density at radius 3 is 2.71 bits per heavy atom. The van der Waals surface area contributed by atoms with E-state index in [1.165, 1.54) is 19.2 Å². The van der Waals surface area contributed by atoms with Crippen LogP contribution in [0.3, 0.4) is 0 Å². The van der Waals surface area contributed by atoms with E-state index in [0.717, 1.165) is 13.4 Å². The summed E-state index contributed by atoms with van der Waals surface area (Å²) >= 11 is 0. The molecule has 7 heteroatoms. The minimum absolute atomic E-state index is 0.0995. The normalized spacial score (nSPS) is 23.1. The minimum atomic E-state index is -4.65. The predicted octanol–water partition coefficient (Wildman–Crippen LogP) is 2.21. The molecule has 0 bridgehead atoms. The molecule has 0 radical (unpaired) electrons. The number of rotatable bonds is 1. The first-order valence-corrected chi connectivity index (χ1v) is 4.80. The van der Waals surface area contributed by atoms with Crippen LogP contribution in [0.25, 0.3) is 0 Å². The van der Waals surface area contributed by atoms with Gasteiger partial charge in [0.05, 0.1) is 17.6 Å². The second-order valence-corrected chi connectivity index (χ2v) is 3.57. The third kappa shape index (κ3) is 1.57. The Balaban J connectivity index is 2.72. The highest BCUT2D eigenvalue weighted by Crippen LogP contribution is 2.47. The molecule has 1 aromatic heterocycles. The number of methoxy groups -OCH3 is 1. The predicted molar refractivity (Wildman–Crippen MR) is 55.8 cm³/mol. The monoisotopic (exact) mass is 245 g/mol. The van der Waals surface area contributed by atoms with Crippen LogP contribution in [-0.2, 0) is 10.5 Å². The van der Waals surface area contributed by atoms with Crippen LogP contribution in [0.4, 0.5) is 18.9 Å². The maximum Gasteiger partial charge on any atom is 0.443 e. The van der Waals surface area contributed by atoms with Gasteiger partial charge in [-0.05, 0) is 13.0 Å². The van der Waals surface area contributed by atoms with Gasteiger partial charge in [-0.1, -0.05) is 0 Å². The standard InChI is InChI=1S/C10H10F3N3O/c1-6-8-7(3-4-14-6)15-5-16-9(8,17-2)10(11,12)13/h3-5H,1-2H3,(H,15,16). The molecule has 92 valence electrons. The highest BCUT2D eigenvalue weighted by Gasteiger charge is 2.60. The number of fused-ring (bicyclic) bond motifs is 1. The molecule has 0 aliphatic carbocycles. The molecule has 0 aromatic carbocycles. The molecule has 17 heavy (non-hydrogen) atoms. The zero-order chi connectivity index (χ0) is 12.7. The van der Waals surface area contributed by atoms with Crippen molar-refractivity contribution in [2.45, 2.75) is 18.8 Å². The highest BCUT2D eigenvalue weighted by atomic mass is 19.4. The Labute approximate surface area is 95.5 Å². The fraction of sp³-hybridized carbons (Fsp3) is 0.400. The van der Waals surface area contributed by atoms with E-state index in [4.69, 9.17) is 0 Å². The van der Waals surface area contributed by atoms with Crippen molar-refractivity contribution in [2.75, 3.05) is 12.4 Å². The van der Waals surface area contributed by atoms with Crippen LogP contribution >= 0.6 is 0 Å². The summed E-state index contributed by atoms with van der Waals surface area (Å²) in [6.07, 6.45) is -2.24. The maximum absolute atomic E-state index is 13.2. The van der Waals surface area contributed by atoms with Crippen molar-refractivity contribution in [3.05, 3.63) is 23.5 Å². The average Bonchev–Trinajstić information content (AvgIpc) is 2.27. The summed E-state index contributed by atoms with van der Waals surface area (Å²) in [5.41, 5.74) is -2.25. The number of hydrogen-bond acceptors (Lipinski definition) is 4. The number of aryl methyl sites for hydroxylation is 1. The molecular weight excluding hydrogens is 235 g/mol. The van der Waals surface area contributed by atoms with E-state index in [9.17, 15) is 13.2 Å². The Kier molecular flexibility index (Phi) is 2.57. The van der Waals surface area contributed by atoms with Crippen LogP contribution in [0.2, 0.25) is 0 Å². The number of anilines is 1. The molecule has 1 atom stereocenters. The van der Waals surface area contributed by atoms with Gasteiger partial charge in [-0.15, -0.1) is 0 Å². The fourth-order valence-electron chi connectivity index (χ4n) is 1.86. The summed E-state index contributed by atoms with van der Waals surface area (Å²) in [6.45, 7) is 1.49. The number of pyridine rings is 1. The van der Waals surface area contributed by atoms with E-state index in [1.807, 2.05) is 0 Å². The van der Waals surface area contributed by atoms with Gasteiger partial charge < -0.3 is 10.1 Å². The molecular formula is C10H10F3N3O. The van der Waals surface area contributed by atoms with Gasteiger partial charge in [-0.3, -0.25) is 4.98 Å². The first kappa shape index (κ1) is 11.8.